The lowest BCUT2D eigenvalue weighted by molar-refractivity contribution is 0.0338. The van der Waals surface area contributed by atoms with Crippen LogP contribution in [0, 0.1) is 5.82 Å². The predicted molar refractivity (Wildman–Crippen MR) is 79.3 cm³/mol. The van der Waals surface area contributed by atoms with Crippen molar-refractivity contribution in [2.24, 2.45) is 0 Å². The molecule has 0 radical (unpaired) electrons. The second kappa shape index (κ2) is 7.72. The van der Waals surface area contributed by atoms with Crippen LogP contribution in [0.25, 0.3) is 0 Å². The molecule has 0 aliphatic carbocycles. The number of hydrogen-bond acceptors (Lipinski definition) is 3. The van der Waals surface area contributed by atoms with Gasteiger partial charge in [0.1, 0.15) is 5.82 Å². The number of rotatable bonds is 6. The van der Waals surface area contributed by atoms with Gasteiger partial charge in [-0.3, -0.25) is 4.90 Å². The molecule has 1 N–H and O–H groups in total. The average Bonchev–Trinajstić information content (AvgIpc) is 2.46. The average molecular weight is 280 g/mol. The first-order chi connectivity index (χ1) is 9.70. The topological polar surface area (TPSA) is 24.5 Å². The van der Waals surface area contributed by atoms with Crippen LogP contribution in [-0.4, -0.2) is 43.8 Å². The largest absolute Gasteiger partial charge is 0.379 e. The Balaban J connectivity index is 1.90. The molecule has 2 rings (SSSR count). The van der Waals surface area contributed by atoms with E-state index in [0.717, 1.165) is 44.8 Å². The summed E-state index contributed by atoms with van der Waals surface area (Å²) in [7, 11) is 0. The highest BCUT2D eigenvalue weighted by molar-refractivity contribution is 5.21. The molecule has 1 aromatic rings. The van der Waals surface area contributed by atoms with Gasteiger partial charge in [0.25, 0.3) is 0 Å². The van der Waals surface area contributed by atoms with Crippen LogP contribution in [0.3, 0.4) is 0 Å². The van der Waals surface area contributed by atoms with Crippen molar-refractivity contribution in [3.05, 3.63) is 35.6 Å². The summed E-state index contributed by atoms with van der Waals surface area (Å²) < 4.78 is 19.2. The van der Waals surface area contributed by atoms with E-state index in [4.69, 9.17) is 4.74 Å². The molecular weight excluding hydrogens is 255 g/mol. The van der Waals surface area contributed by atoms with Gasteiger partial charge in [-0.2, -0.15) is 0 Å². The monoisotopic (exact) mass is 280 g/mol. The van der Waals surface area contributed by atoms with Crippen LogP contribution in [0.15, 0.2) is 24.3 Å². The fraction of sp³-hybridized carbons (Fsp3) is 0.625. The second-order valence-electron chi connectivity index (χ2n) is 5.46. The maximum Gasteiger partial charge on any atom is 0.127 e. The van der Waals surface area contributed by atoms with Crippen LogP contribution in [0.5, 0.6) is 0 Å². The highest BCUT2D eigenvalue weighted by Gasteiger charge is 2.18. The van der Waals surface area contributed by atoms with Crippen molar-refractivity contribution in [2.45, 2.75) is 32.4 Å². The van der Waals surface area contributed by atoms with E-state index in [2.05, 4.69) is 24.1 Å². The molecule has 1 aliphatic rings. The molecule has 0 aromatic heterocycles. The summed E-state index contributed by atoms with van der Waals surface area (Å²) in [6.45, 7) is 8.85. The van der Waals surface area contributed by atoms with Gasteiger partial charge in [0.05, 0.1) is 13.2 Å². The Bertz CT molecular complexity index is 407. The van der Waals surface area contributed by atoms with Gasteiger partial charge in [-0.1, -0.05) is 25.1 Å². The van der Waals surface area contributed by atoms with E-state index in [1.165, 1.54) is 6.07 Å². The third kappa shape index (κ3) is 4.27. The minimum absolute atomic E-state index is 0.0761. The summed E-state index contributed by atoms with van der Waals surface area (Å²) in [6.07, 6.45) is 0.883. The Morgan fingerprint density at radius 2 is 2.00 bits per heavy atom. The van der Waals surface area contributed by atoms with Gasteiger partial charge >= 0.3 is 0 Å². The van der Waals surface area contributed by atoms with Crippen molar-refractivity contribution >= 4 is 0 Å². The lowest BCUT2D eigenvalue weighted by atomic mass is 10.0. The number of benzene rings is 1. The first-order valence-electron chi connectivity index (χ1n) is 7.51. The number of halogens is 1. The van der Waals surface area contributed by atoms with Gasteiger partial charge in [-0.05, 0) is 19.4 Å². The molecule has 1 heterocycles. The van der Waals surface area contributed by atoms with Crippen LogP contribution in [0.4, 0.5) is 4.39 Å². The predicted octanol–water partition coefficient (Wildman–Crippen LogP) is 2.59. The Kier molecular flexibility index (Phi) is 5.95. The van der Waals surface area contributed by atoms with Crippen LogP contribution >= 0.6 is 0 Å². The summed E-state index contributed by atoms with van der Waals surface area (Å²) in [5, 5.41) is 3.55. The summed E-state index contributed by atoms with van der Waals surface area (Å²) in [4.78, 5) is 2.40. The third-order valence-electron chi connectivity index (χ3n) is 3.81. The third-order valence-corrected chi connectivity index (χ3v) is 3.81. The molecule has 4 heteroatoms. The zero-order valence-corrected chi connectivity index (χ0v) is 12.4. The van der Waals surface area contributed by atoms with E-state index in [0.29, 0.717) is 6.04 Å². The van der Waals surface area contributed by atoms with Crippen molar-refractivity contribution in [1.29, 1.82) is 0 Å². The summed E-state index contributed by atoms with van der Waals surface area (Å²) in [6, 6.07) is 7.45. The SMILES string of the molecule is CCC(NC(C)CN1CCOCC1)c1ccccc1F. The standard InChI is InChI=1S/C16H25FN2O/c1-3-16(14-6-4-5-7-15(14)17)18-13(2)12-19-8-10-20-11-9-19/h4-7,13,16,18H,3,8-12H2,1-2H3. The molecule has 3 nitrogen and oxygen atoms in total. The molecule has 0 amide bonds. The normalized spacial score (nSPS) is 19.8. The molecule has 1 fully saturated rings. The molecule has 20 heavy (non-hydrogen) atoms. The van der Waals surface area contributed by atoms with Gasteiger partial charge in [0, 0.05) is 37.3 Å². The van der Waals surface area contributed by atoms with Crippen molar-refractivity contribution in [1.82, 2.24) is 10.2 Å². The van der Waals surface area contributed by atoms with Crippen molar-refractivity contribution in [3.8, 4) is 0 Å². The van der Waals surface area contributed by atoms with E-state index in [-0.39, 0.29) is 11.9 Å². The first kappa shape index (κ1) is 15.4. The molecule has 0 bridgehead atoms. The molecule has 1 aromatic carbocycles. The second-order valence-corrected chi connectivity index (χ2v) is 5.46. The molecule has 0 saturated carbocycles. The van der Waals surface area contributed by atoms with Gasteiger partial charge in [0.2, 0.25) is 0 Å². The zero-order valence-electron chi connectivity index (χ0n) is 12.4. The van der Waals surface area contributed by atoms with Gasteiger partial charge in [-0.25, -0.2) is 4.39 Å². The number of hydrogen-bond donors (Lipinski definition) is 1. The molecular formula is C16H25FN2O. The fourth-order valence-electron chi connectivity index (χ4n) is 2.75. The first-order valence-corrected chi connectivity index (χ1v) is 7.51. The smallest absolute Gasteiger partial charge is 0.127 e. The van der Waals surface area contributed by atoms with Crippen LogP contribution in [0.1, 0.15) is 31.9 Å². The highest BCUT2D eigenvalue weighted by atomic mass is 19.1. The zero-order chi connectivity index (χ0) is 14.4. The maximum absolute atomic E-state index is 13.9. The Morgan fingerprint density at radius 3 is 2.65 bits per heavy atom. The molecule has 2 unspecified atom stereocenters. The fourth-order valence-corrected chi connectivity index (χ4v) is 2.75. The number of ether oxygens (including phenoxy) is 1. The minimum Gasteiger partial charge on any atom is -0.379 e. The minimum atomic E-state index is -0.120. The lowest BCUT2D eigenvalue weighted by Gasteiger charge is -2.31. The van der Waals surface area contributed by atoms with Crippen LogP contribution in [0.2, 0.25) is 0 Å². The molecule has 2 atom stereocenters. The van der Waals surface area contributed by atoms with E-state index < -0.39 is 0 Å². The van der Waals surface area contributed by atoms with Crippen molar-refractivity contribution in [3.63, 3.8) is 0 Å². The molecule has 1 saturated heterocycles. The van der Waals surface area contributed by atoms with Gasteiger partial charge in [0.15, 0.2) is 0 Å². The van der Waals surface area contributed by atoms with Crippen LogP contribution < -0.4 is 5.32 Å². The van der Waals surface area contributed by atoms with E-state index in [9.17, 15) is 4.39 Å². The van der Waals surface area contributed by atoms with Gasteiger partial charge < -0.3 is 10.1 Å². The quantitative estimate of drug-likeness (QED) is 0.867. The van der Waals surface area contributed by atoms with E-state index >= 15 is 0 Å². The highest BCUT2D eigenvalue weighted by Crippen LogP contribution is 2.20. The van der Waals surface area contributed by atoms with Crippen LogP contribution in [-0.2, 0) is 4.74 Å². The summed E-state index contributed by atoms with van der Waals surface area (Å²) in [5.41, 5.74) is 0.767. The van der Waals surface area contributed by atoms with Gasteiger partial charge in [-0.15, -0.1) is 0 Å². The number of morpholine rings is 1. The van der Waals surface area contributed by atoms with E-state index in [1.54, 1.807) is 6.07 Å². The number of nitrogens with one attached hydrogen (secondary N) is 1. The Hall–Kier alpha value is -0.970. The lowest BCUT2D eigenvalue weighted by Crippen LogP contribution is -2.45. The Labute approximate surface area is 121 Å². The molecule has 112 valence electrons. The van der Waals surface area contributed by atoms with Crippen molar-refractivity contribution in [2.75, 3.05) is 32.8 Å². The Morgan fingerprint density at radius 1 is 1.30 bits per heavy atom. The van der Waals surface area contributed by atoms with Crippen molar-refractivity contribution < 1.29 is 9.13 Å². The van der Waals surface area contributed by atoms with E-state index in [1.807, 2.05) is 12.1 Å². The number of nitrogens with zero attached hydrogens (tertiary/aromatic N) is 1. The molecule has 1 aliphatic heterocycles. The summed E-state index contributed by atoms with van der Waals surface area (Å²) >= 11 is 0. The maximum atomic E-state index is 13.9. The summed E-state index contributed by atoms with van der Waals surface area (Å²) in [5.74, 6) is -0.120. The molecule has 0 spiro atoms.